The van der Waals surface area contributed by atoms with Crippen molar-refractivity contribution in [2.45, 2.75) is 38.6 Å². The average molecular weight is 165 g/mol. The van der Waals surface area contributed by atoms with E-state index in [1.54, 1.807) is 0 Å². The zero-order valence-electron chi connectivity index (χ0n) is 7.87. The van der Waals surface area contributed by atoms with E-state index in [9.17, 15) is 0 Å². The van der Waals surface area contributed by atoms with Crippen LogP contribution in [-0.2, 0) is 0 Å². The van der Waals surface area contributed by atoms with Crippen LogP contribution in [0.5, 0.6) is 0 Å². The Labute approximate surface area is 74.7 Å². The van der Waals surface area contributed by atoms with Gasteiger partial charge in [-0.05, 0) is 48.9 Å². The van der Waals surface area contributed by atoms with Gasteiger partial charge in [-0.2, -0.15) is 0 Å². The van der Waals surface area contributed by atoms with Crippen LogP contribution in [0.4, 0.5) is 0 Å². The summed E-state index contributed by atoms with van der Waals surface area (Å²) in [5.74, 6) is 5.03. The third-order valence-corrected chi connectivity index (χ3v) is 4.95. The van der Waals surface area contributed by atoms with Gasteiger partial charge in [-0.15, -0.1) is 0 Å². The van der Waals surface area contributed by atoms with E-state index in [1.807, 2.05) is 0 Å². The third kappa shape index (κ3) is 0.654. The summed E-state index contributed by atoms with van der Waals surface area (Å²) in [6, 6.07) is 0.579. The zero-order valence-corrected chi connectivity index (χ0v) is 7.87. The summed E-state index contributed by atoms with van der Waals surface area (Å²) in [4.78, 5) is 0. The number of fused-ring (bicyclic) bond motifs is 5. The van der Waals surface area contributed by atoms with E-state index < -0.39 is 0 Å². The van der Waals surface area contributed by atoms with Gasteiger partial charge in [0.15, 0.2) is 0 Å². The molecular weight excluding hydrogens is 146 g/mol. The van der Waals surface area contributed by atoms with Crippen molar-refractivity contribution in [2.75, 3.05) is 0 Å². The van der Waals surface area contributed by atoms with E-state index in [1.165, 1.54) is 25.7 Å². The molecule has 0 heterocycles. The highest BCUT2D eigenvalue weighted by atomic mass is 14.8. The predicted octanol–water partition coefficient (Wildman–Crippen LogP) is 2.02. The maximum atomic E-state index is 6.20. The van der Waals surface area contributed by atoms with Crippen LogP contribution in [0.3, 0.4) is 0 Å². The molecule has 1 nitrogen and oxygen atoms in total. The first-order valence-electron chi connectivity index (χ1n) is 5.58. The summed E-state index contributed by atoms with van der Waals surface area (Å²) in [6.45, 7) is 2.31. The molecule has 2 N–H and O–H groups in total. The summed E-state index contributed by atoms with van der Waals surface area (Å²) in [5.41, 5.74) is 6.20. The monoisotopic (exact) mass is 165 g/mol. The van der Waals surface area contributed by atoms with Crippen molar-refractivity contribution >= 4 is 0 Å². The molecule has 3 fully saturated rings. The highest BCUT2D eigenvalue weighted by molar-refractivity contribution is 5.11. The highest BCUT2D eigenvalue weighted by Crippen LogP contribution is 2.63. The lowest BCUT2D eigenvalue weighted by Gasteiger charge is -2.53. The first-order chi connectivity index (χ1) is 5.83. The first kappa shape index (κ1) is 7.37. The average Bonchev–Trinajstić information content (AvgIpc) is 2.60. The summed E-state index contributed by atoms with van der Waals surface area (Å²) >= 11 is 0. The van der Waals surface area contributed by atoms with Gasteiger partial charge in [-0.1, -0.05) is 13.3 Å². The van der Waals surface area contributed by atoms with Gasteiger partial charge in [0.2, 0.25) is 0 Å². The van der Waals surface area contributed by atoms with Gasteiger partial charge >= 0.3 is 0 Å². The molecule has 0 aromatic rings. The maximum Gasteiger partial charge on any atom is 0.0104 e. The number of hydrogen-bond donors (Lipinski definition) is 1. The quantitative estimate of drug-likeness (QED) is 0.632. The van der Waals surface area contributed by atoms with E-state index >= 15 is 0 Å². The number of nitrogens with two attached hydrogens (primary N) is 1. The molecule has 0 aromatic heterocycles. The minimum Gasteiger partial charge on any atom is -0.327 e. The lowest BCUT2D eigenvalue weighted by molar-refractivity contribution is -0.0112. The van der Waals surface area contributed by atoms with Gasteiger partial charge in [0.05, 0.1) is 0 Å². The molecule has 2 bridgehead atoms. The molecule has 0 saturated heterocycles. The molecule has 6 unspecified atom stereocenters. The Morgan fingerprint density at radius 3 is 2.50 bits per heavy atom. The highest BCUT2D eigenvalue weighted by Gasteiger charge is 2.60. The van der Waals surface area contributed by atoms with Gasteiger partial charge in [0.25, 0.3) is 0 Å². The first-order valence-corrected chi connectivity index (χ1v) is 5.58. The van der Waals surface area contributed by atoms with Crippen molar-refractivity contribution in [3.63, 3.8) is 0 Å². The SMILES string of the molecule is CCC1C(N)C2C3CCC(C3)C12. The van der Waals surface area contributed by atoms with Crippen molar-refractivity contribution in [1.82, 2.24) is 0 Å². The van der Waals surface area contributed by atoms with E-state index in [-0.39, 0.29) is 0 Å². The van der Waals surface area contributed by atoms with Gasteiger partial charge in [0.1, 0.15) is 0 Å². The molecule has 0 radical (unpaired) electrons. The molecule has 68 valence electrons. The molecule has 3 aliphatic carbocycles. The van der Waals surface area contributed by atoms with Gasteiger partial charge in [-0.3, -0.25) is 0 Å². The number of rotatable bonds is 1. The van der Waals surface area contributed by atoms with E-state index in [4.69, 9.17) is 5.73 Å². The zero-order chi connectivity index (χ0) is 8.29. The molecule has 3 saturated carbocycles. The molecule has 12 heavy (non-hydrogen) atoms. The summed E-state index contributed by atoms with van der Waals surface area (Å²) in [5, 5.41) is 0. The topological polar surface area (TPSA) is 26.0 Å². The Morgan fingerprint density at radius 2 is 1.83 bits per heavy atom. The Balaban J connectivity index is 1.84. The van der Waals surface area contributed by atoms with Crippen LogP contribution in [0.15, 0.2) is 0 Å². The molecule has 0 spiro atoms. The van der Waals surface area contributed by atoms with E-state index in [2.05, 4.69) is 6.92 Å². The normalized spacial score (nSPS) is 61.5. The van der Waals surface area contributed by atoms with Crippen LogP contribution >= 0.6 is 0 Å². The second-order valence-electron chi connectivity index (χ2n) is 5.14. The van der Waals surface area contributed by atoms with Crippen molar-refractivity contribution < 1.29 is 0 Å². The van der Waals surface area contributed by atoms with Crippen molar-refractivity contribution in [1.29, 1.82) is 0 Å². The minimum absolute atomic E-state index is 0.579. The molecule has 0 aromatic carbocycles. The van der Waals surface area contributed by atoms with Crippen LogP contribution in [0.1, 0.15) is 32.6 Å². The lowest BCUT2D eigenvalue weighted by Crippen LogP contribution is -2.58. The van der Waals surface area contributed by atoms with Crippen LogP contribution in [-0.4, -0.2) is 6.04 Å². The maximum absolute atomic E-state index is 6.20. The van der Waals surface area contributed by atoms with Crippen LogP contribution in [0.25, 0.3) is 0 Å². The number of hydrogen-bond acceptors (Lipinski definition) is 1. The Bertz CT molecular complexity index is 201. The predicted molar refractivity (Wildman–Crippen MR) is 49.6 cm³/mol. The third-order valence-electron chi connectivity index (χ3n) is 4.95. The molecule has 3 aliphatic rings. The fourth-order valence-electron chi connectivity index (χ4n) is 4.53. The summed E-state index contributed by atoms with van der Waals surface area (Å²) in [7, 11) is 0. The molecular formula is C11H19N. The molecule has 1 heteroatoms. The van der Waals surface area contributed by atoms with Crippen LogP contribution < -0.4 is 5.73 Å². The molecule has 0 aliphatic heterocycles. The van der Waals surface area contributed by atoms with Crippen LogP contribution in [0, 0.1) is 29.6 Å². The second kappa shape index (κ2) is 2.25. The van der Waals surface area contributed by atoms with Crippen molar-refractivity contribution in [2.24, 2.45) is 35.3 Å². The Morgan fingerprint density at radius 1 is 1.17 bits per heavy atom. The Kier molecular flexibility index (Phi) is 1.39. The van der Waals surface area contributed by atoms with Gasteiger partial charge in [0, 0.05) is 6.04 Å². The molecule has 3 rings (SSSR count). The van der Waals surface area contributed by atoms with Gasteiger partial charge in [-0.25, -0.2) is 0 Å². The molecule has 0 amide bonds. The smallest absolute Gasteiger partial charge is 0.0104 e. The molecule has 6 atom stereocenters. The fraction of sp³-hybridized carbons (Fsp3) is 1.00. The van der Waals surface area contributed by atoms with Crippen molar-refractivity contribution in [3.8, 4) is 0 Å². The van der Waals surface area contributed by atoms with Crippen molar-refractivity contribution in [3.05, 3.63) is 0 Å². The lowest BCUT2D eigenvalue weighted by atomic mass is 9.55. The summed E-state index contributed by atoms with van der Waals surface area (Å²) < 4.78 is 0. The van der Waals surface area contributed by atoms with Crippen LogP contribution in [0.2, 0.25) is 0 Å². The van der Waals surface area contributed by atoms with E-state index in [0.717, 1.165) is 29.6 Å². The van der Waals surface area contributed by atoms with E-state index in [0.29, 0.717) is 6.04 Å². The standard InChI is InChI=1S/C11H19N/c1-2-8-9-6-3-4-7(5-6)10(9)11(8)12/h6-11H,2-5,12H2,1H3. The van der Waals surface area contributed by atoms with Gasteiger partial charge < -0.3 is 5.73 Å². The Hall–Kier alpha value is -0.0400. The minimum atomic E-state index is 0.579. The largest absolute Gasteiger partial charge is 0.327 e. The summed E-state index contributed by atoms with van der Waals surface area (Å²) in [6.07, 6.45) is 5.87. The second-order valence-corrected chi connectivity index (χ2v) is 5.14. The fourth-order valence-corrected chi connectivity index (χ4v) is 4.53.